The second-order valence-corrected chi connectivity index (χ2v) is 4.96. The van der Waals surface area contributed by atoms with Crippen LogP contribution < -0.4 is 4.72 Å². The highest BCUT2D eigenvalue weighted by Crippen LogP contribution is 2.20. The van der Waals surface area contributed by atoms with Gasteiger partial charge in [-0.05, 0) is 5.92 Å². The summed E-state index contributed by atoms with van der Waals surface area (Å²) in [5, 5.41) is -0.532. The molecular formula is C6H11NO3S. The quantitative estimate of drug-likeness (QED) is 0.606. The van der Waals surface area contributed by atoms with E-state index in [1.165, 1.54) is 0 Å². The highest BCUT2D eigenvalue weighted by Gasteiger charge is 2.38. The van der Waals surface area contributed by atoms with Gasteiger partial charge in [-0.2, -0.15) is 0 Å². The molecule has 5 heteroatoms. The summed E-state index contributed by atoms with van der Waals surface area (Å²) in [7, 11) is -3.34. The SMILES string of the molecule is CC(C)C1CC(=O)NS1(=O)=O. The van der Waals surface area contributed by atoms with Crippen LogP contribution in [0, 0.1) is 5.92 Å². The first-order chi connectivity index (χ1) is 4.93. The zero-order chi connectivity index (χ0) is 8.65. The molecule has 0 spiro atoms. The first-order valence-corrected chi connectivity index (χ1v) is 5.02. The summed E-state index contributed by atoms with van der Waals surface area (Å²) in [5.41, 5.74) is 0. The Balaban J connectivity index is 2.92. The van der Waals surface area contributed by atoms with Gasteiger partial charge in [0.15, 0.2) is 0 Å². The molecule has 0 aromatic carbocycles. The molecule has 1 saturated heterocycles. The lowest BCUT2D eigenvalue weighted by Gasteiger charge is -2.09. The van der Waals surface area contributed by atoms with Gasteiger partial charge in [-0.3, -0.25) is 9.52 Å². The largest absolute Gasteiger partial charge is 0.274 e. The average molecular weight is 177 g/mol. The van der Waals surface area contributed by atoms with E-state index in [9.17, 15) is 13.2 Å². The fraction of sp³-hybridized carbons (Fsp3) is 0.833. The minimum atomic E-state index is -3.34. The molecule has 1 rings (SSSR count). The molecule has 1 aliphatic rings. The van der Waals surface area contributed by atoms with Gasteiger partial charge < -0.3 is 0 Å². The van der Waals surface area contributed by atoms with Gasteiger partial charge >= 0.3 is 0 Å². The Bertz CT molecular complexity index is 268. The maximum atomic E-state index is 11.1. The maximum absolute atomic E-state index is 11.1. The van der Waals surface area contributed by atoms with Gasteiger partial charge in [0, 0.05) is 6.42 Å². The molecule has 0 radical (unpaired) electrons. The van der Waals surface area contributed by atoms with Gasteiger partial charge in [-0.15, -0.1) is 0 Å². The van der Waals surface area contributed by atoms with E-state index in [-0.39, 0.29) is 18.2 Å². The lowest BCUT2D eigenvalue weighted by Crippen LogP contribution is -2.27. The molecule has 1 heterocycles. The van der Waals surface area contributed by atoms with Crippen molar-refractivity contribution in [3.63, 3.8) is 0 Å². The number of carbonyl (C=O) groups is 1. The summed E-state index contributed by atoms with van der Waals surface area (Å²) in [4.78, 5) is 10.7. The number of amides is 1. The standard InChI is InChI=1S/C6H11NO3S/c1-4(2)5-3-6(8)7-11(5,9)10/h4-5H,3H2,1-2H3,(H,7,8). The number of rotatable bonds is 1. The molecule has 11 heavy (non-hydrogen) atoms. The van der Waals surface area contributed by atoms with E-state index < -0.39 is 15.3 Å². The van der Waals surface area contributed by atoms with Gasteiger partial charge in [-0.25, -0.2) is 8.42 Å². The Labute approximate surface area is 66.0 Å². The molecule has 64 valence electrons. The van der Waals surface area contributed by atoms with Crippen molar-refractivity contribution >= 4 is 15.9 Å². The summed E-state index contributed by atoms with van der Waals surface area (Å²) in [6, 6.07) is 0. The molecule has 0 aliphatic carbocycles. The lowest BCUT2D eigenvalue weighted by molar-refractivity contribution is -0.118. The molecular weight excluding hydrogens is 166 g/mol. The molecule has 0 aromatic rings. The smallest absolute Gasteiger partial charge is 0.238 e. The molecule has 1 fully saturated rings. The van der Waals surface area contributed by atoms with Gasteiger partial charge in [0.2, 0.25) is 15.9 Å². The molecule has 1 N–H and O–H groups in total. The third-order valence-electron chi connectivity index (χ3n) is 1.78. The summed E-state index contributed by atoms with van der Waals surface area (Å²) < 4.78 is 24.1. The molecule has 1 atom stereocenters. The zero-order valence-corrected chi connectivity index (χ0v) is 7.31. The van der Waals surface area contributed by atoms with Crippen molar-refractivity contribution in [1.29, 1.82) is 0 Å². The van der Waals surface area contributed by atoms with Gasteiger partial charge in [0.1, 0.15) is 0 Å². The van der Waals surface area contributed by atoms with Crippen molar-refractivity contribution in [2.24, 2.45) is 5.92 Å². The number of sulfonamides is 1. The van der Waals surface area contributed by atoms with Gasteiger partial charge in [0.05, 0.1) is 5.25 Å². The minimum absolute atomic E-state index is 0.000972. The monoisotopic (exact) mass is 177 g/mol. The van der Waals surface area contributed by atoms with Crippen molar-refractivity contribution in [1.82, 2.24) is 4.72 Å². The Morgan fingerprint density at radius 3 is 2.27 bits per heavy atom. The normalized spacial score (nSPS) is 29.0. The predicted octanol–water partition coefficient (Wildman–Crippen LogP) is -0.139. The summed E-state index contributed by atoms with van der Waals surface area (Å²) in [6.45, 7) is 3.59. The Morgan fingerprint density at radius 1 is 1.55 bits per heavy atom. The van der Waals surface area contributed by atoms with Crippen LogP contribution in [0.2, 0.25) is 0 Å². The maximum Gasteiger partial charge on any atom is 0.238 e. The summed E-state index contributed by atoms with van der Waals surface area (Å²) >= 11 is 0. The van der Waals surface area contributed by atoms with Gasteiger partial charge in [0.25, 0.3) is 0 Å². The van der Waals surface area contributed by atoms with E-state index in [1.54, 1.807) is 13.8 Å². The molecule has 4 nitrogen and oxygen atoms in total. The van der Waals surface area contributed by atoms with Crippen LogP contribution in [0.4, 0.5) is 0 Å². The van der Waals surface area contributed by atoms with Crippen LogP contribution in [0.1, 0.15) is 20.3 Å². The number of hydrogen-bond acceptors (Lipinski definition) is 3. The topological polar surface area (TPSA) is 63.2 Å². The zero-order valence-electron chi connectivity index (χ0n) is 6.49. The average Bonchev–Trinajstić information content (AvgIpc) is 2.04. The van der Waals surface area contributed by atoms with Gasteiger partial charge in [-0.1, -0.05) is 13.8 Å². The van der Waals surface area contributed by atoms with E-state index in [0.29, 0.717) is 0 Å². The second kappa shape index (κ2) is 2.48. The number of hydrogen-bond donors (Lipinski definition) is 1. The third kappa shape index (κ3) is 1.53. The van der Waals surface area contributed by atoms with Crippen LogP contribution >= 0.6 is 0 Å². The Hall–Kier alpha value is -0.580. The van der Waals surface area contributed by atoms with E-state index in [2.05, 4.69) is 0 Å². The number of nitrogens with one attached hydrogen (secondary N) is 1. The van der Waals surface area contributed by atoms with Crippen LogP contribution in [0.25, 0.3) is 0 Å². The summed E-state index contributed by atoms with van der Waals surface area (Å²) in [5.74, 6) is -0.386. The minimum Gasteiger partial charge on any atom is -0.274 e. The van der Waals surface area contributed by atoms with Crippen LogP contribution in [0.3, 0.4) is 0 Å². The van der Waals surface area contributed by atoms with Crippen LogP contribution in [0.15, 0.2) is 0 Å². The van der Waals surface area contributed by atoms with Crippen molar-refractivity contribution in [3.05, 3.63) is 0 Å². The third-order valence-corrected chi connectivity index (χ3v) is 3.81. The lowest BCUT2D eigenvalue weighted by atomic mass is 10.1. The fourth-order valence-electron chi connectivity index (χ4n) is 1.16. The molecule has 1 unspecified atom stereocenters. The second-order valence-electron chi connectivity index (χ2n) is 3.06. The molecule has 1 aliphatic heterocycles. The first-order valence-electron chi connectivity index (χ1n) is 3.48. The summed E-state index contributed by atoms with van der Waals surface area (Å²) in [6.07, 6.45) is 0.111. The van der Waals surface area contributed by atoms with Crippen LogP contribution in [0.5, 0.6) is 0 Å². The molecule has 1 amide bonds. The van der Waals surface area contributed by atoms with Crippen molar-refractivity contribution in [2.45, 2.75) is 25.5 Å². The van der Waals surface area contributed by atoms with E-state index in [4.69, 9.17) is 0 Å². The number of carbonyl (C=O) groups excluding carboxylic acids is 1. The van der Waals surface area contributed by atoms with E-state index >= 15 is 0 Å². The van der Waals surface area contributed by atoms with Crippen molar-refractivity contribution in [3.8, 4) is 0 Å². The van der Waals surface area contributed by atoms with Crippen molar-refractivity contribution < 1.29 is 13.2 Å². The van der Waals surface area contributed by atoms with Crippen LogP contribution in [-0.2, 0) is 14.8 Å². The fourth-order valence-corrected chi connectivity index (χ4v) is 2.80. The molecule has 0 bridgehead atoms. The van der Waals surface area contributed by atoms with Crippen LogP contribution in [-0.4, -0.2) is 19.6 Å². The predicted molar refractivity (Wildman–Crippen MR) is 40.3 cm³/mol. The Kier molecular flexibility index (Phi) is 1.92. The molecule has 0 saturated carbocycles. The van der Waals surface area contributed by atoms with Crippen molar-refractivity contribution in [2.75, 3.05) is 0 Å². The highest BCUT2D eigenvalue weighted by molar-refractivity contribution is 7.91. The Morgan fingerprint density at radius 2 is 2.09 bits per heavy atom. The highest BCUT2D eigenvalue weighted by atomic mass is 32.2. The first kappa shape index (κ1) is 8.52. The molecule has 0 aromatic heterocycles. The van der Waals surface area contributed by atoms with E-state index in [0.717, 1.165) is 0 Å². The van der Waals surface area contributed by atoms with E-state index in [1.807, 2.05) is 4.72 Å².